The molecule has 0 unspecified atom stereocenters. The number of benzene rings is 2. The Labute approximate surface area is 387 Å². The standard InChI is InChI=1S/C54H86N4O6/c1-7-11-15-19-23-27-31-39-61-45-35-36-46(62-40-32-28-24-20-16-12-8-2)50-49(45)55-53-54(56-50)58(44(6)60)52-48(64-42-34-30-26-22-18-14-10-4)38-37-47(51(52)57(53)43(5)59)63-41-33-29-25-21-17-13-9-3/h35-38H,7-34,39-42H2,1-6H3. The molecule has 1 aliphatic rings. The lowest BCUT2D eigenvalue weighted by Crippen LogP contribution is -2.37. The third-order valence-corrected chi connectivity index (χ3v) is 12.3. The van der Waals surface area contributed by atoms with Crippen LogP contribution in [0.4, 0.5) is 23.0 Å². The van der Waals surface area contributed by atoms with Crippen LogP contribution in [0.5, 0.6) is 23.0 Å². The molecule has 2 amide bonds. The molecule has 0 atom stereocenters. The van der Waals surface area contributed by atoms with E-state index in [0.29, 0.717) is 71.8 Å². The maximum atomic E-state index is 14.1. The fourth-order valence-electron chi connectivity index (χ4n) is 8.60. The smallest absolute Gasteiger partial charge is 0.229 e. The number of hydrogen-bond acceptors (Lipinski definition) is 8. The monoisotopic (exact) mass is 887 g/mol. The number of rotatable bonds is 36. The van der Waals surface area contributed by atoms with Crippen molar-refractivity contribution in [1.29, 1.82) is 0 Å². The van der Waals surface area contributed by atoms with Crippen LogP contribution in [0.1, 0.15) is 221 Å². The van der Waals surface area contributed by atoms with E-state index in [2.05, 4.69) is 27.7 Å². The van der Waals surface area contributed by atoms with Crippen LogP contribution in [0, 0.1) is 0 Å². The molecule has 1 aliphatic heterocycles. The van der Waals surface area contributed by atoms with E-state index in [-0.39, 0.29) is 23.5 Å². The van der Waals surface area contributed by atoms with Crippen molar-refractivity contribution in [1.82, 2.24) is 9.97 Å². The molecule has 0 saturated carbocycles. The summed E-state index contributed by atoms with van der Waals surface area (Å²) in [7, 11) is 0. The Bertz CT molecular complexity index is 1670. The highest BCUT2D eigenvalue weighted by atomic mass is 16.5. The Morgan fingerprint density at radius 3 is 0.875 bits per heavy atom. The molecule has 1 aromatic heterocycles. The average Bonchev–Trinajstić information content (AvgIpc) is 3.29. The first-order valence-electron chi connectivity index (χ1n) is 26.0. The number of unbranched alkanes of at least 4 members (excludes halogenated alkanes) is 24. The molecule has 64 heavy (non-hydrogen) atoms. The maximum Gasteiger partial charge on any atom is 0.229 e. The molecular weight excluding hydrogens is 801 g/mol. The summed E-state index contributed by atoms with van der Waals surface area (Å²) < 4.78 is 26.1. The summed E-state index contributed by atoms with van der Waals surface area (Å²) in [6.07, 6.45) is 32.6. The highest BCUT2D eigenvalue weighted by molar-refractivity contribution is 6.17. The predicted octanol–water partition coefficient (Wildman–Crippen LogP) is 15.8. The molecule has 0 aliphatic carbocycles. The lowest BCUT2D eigenvalue weighted by atomic mass is 10.1. The van der Waals surface area contributed by atoms with Gasteiger partial charge in [0.15, 0.2) is 11.6 Å². The SMILES string of the molecule is CCCCCCCCCOc1ccc(OCCCCCCCCC)c2c1N(C(C)=O)c1nc3c(OCCCCCCCCC)ccc(OCCCCCCCCC)c3nc1N2C(C)=O. The predicted molar refractivity (Wildman–Crippen MR) is 266 cm³/mol. The quantitative estimate of drug-likeness (QED) is 0.0532. The molecule has 10 nitrogen and oxygen atoms in total. The number of fused-ring (bicyclic) bond motifs is 3. The van der Waals surface area contributed by atoms with E-state index in [1.54, 1.807) is 9.80 Å². The van der Waals surface area contributed by atoms with Gasteiger partial charge in [-0.3, -0.25) is 19.4 Å². The van der Waals surface area contributed by atoms with Crippen molar-refractivity contribution in [3.05, 3.63) is 24.3 Å². The van der Waals surface area contributed by atoms with Crippen LogP contribution < -0.4 is 28.7 Å². The zero-order chi connectivity index (χ0) is 45.8. The van der Waals surface area contributed by atoms with E-state index in [4.69, 9.17) is 28.9 Å². The van der Waals surface area contributed by atoms with Gasteiger partial charge in [0.1, 0.15) is 45.4 Å². The maximum absolute atomic E-state index is 14.1. The topological polar surface area (TPSA) is 103 Å². The first-order valence-corrected chi connectivity index (χ1v) is 26.0. The van der Waals surface area contributed by atoms with E-state index in [0.717, 1.165) is 64.2 Å². The molecule has 4 rings (SSSR count). The Hall–Kier alpha value is -4.08. The van der Waals surface area contributed by atoms with Gasteiger partial charge in [-0.25, -0.2) is 9.97 Å². The molecule has 10 heteroatoms. The van der Waals surface area contributed by atoms with Crippen LogP contribution in [0.3, 0.4) is 0 Å². The van der Waals surface area contributed by atoms with Gasteiger partial charge in [-0.1, -0.05) is 182 Å². The average molecular weight is 887 g/mol. The Kier molecular flexibility index (Phi) is 25.4. The first kappa shape index (κ1) is 52.5. The van der Waals surface area contributed by atoms with Gasteiger partial charge < -0.3 is 18.9 Å². The van der Waals surface area contributed by atoms with E-state index < -0.39 is 0 Å². The summed E-state index contributed by atoms with van der Waals surface area (Å²) in [4.78, 5) is 41.7. The van der Waals surface area contributed by atoms with Gasteiger partial charge in [0.25, 0.3) is 0 Å². The number of carbonyl (C=O) groups excluding carboxylic acids is 2. The number of hydrogen-bond donors (Lipinski definition) is 0. The Morgan fingerprint density at radius 2 is 0.609 bits per heavy atom. The molecule has 0 N–H and O–H groups in total. The van der Waals surface area contributed by atoms with Gasteiger partial charge in [-0.05, 0) is 49.9 Å². The zero-order valence-corrected chi connectivity index (χ0v) is 41.2. The summed E-state index contributed by atoms with van der Waals surface area (Å²) in [5, 5.41) is 0. The van der Waals surface area contributed by atoms with Gasteiger partial charge in [0, 0.05) is 13.8 Å². The summed E-state index contributed by atoms with van der Waals surface area (Å²) in [6, 6.07) is 7.57. The molecule has 2 heterocycles. The number of anilines is 4. The molecule has 3 aromatic rings. The fraction of sp³-hybridized carbons (Fsp3) is 0.704. The lowest BCUT2D eigenvalue weighted by molar-refractivity contribution is -0.117. The van der Waals surface area contributed by atoms with Crippen molar-refractivity contribution >= 4 is 45.9 Å². The van der Waals surface area contributed by atoms with Gasteiger partial charge in [0.05, 0.1) is 26.4 Å². The Balaban J connectivity index is 1.73. The van der Waals surface area contributed by atoms with Crippen LogP contribution >= 0.6 is 0 Å². The van der Waals surface area contributed by atoms with Crippen LogP contribution in [0.15, 0.2) is 24.3 Å². The molecule has 358 valence electrons. The normalized spacial score (nSPS) is 12.1. The second-order valence-corrected chi connectivity index (χ2v) is 18.0. The number of ether oxygens (including phenoxy) is 4. The van der Waals surface area contributed by atoms with Crippen LogP contribution in [0.2, 0.25) is 0 Å². The van der Waals surface area contributed by atoms with E-state index in [1.807, 2.05) is 24.3 Å². The van der Waals surface area contributed by atoms with Gasteiger partial charge in [0.2, 0.25) is 11.8 Å². The van der Waals surface area contributed by atoms with Crippen molar-refractivity contribution in [3.63, 3.8) is 0 Å². The van der Waals surface area contributed by atoms with Crippen molar-refractivity contribution in [2.24, 2.45) is 0 Å². The van der Waals surface area contributed by atoms with Gasteiger partial charge >= 0.3 is 0 Å². The summed E-state index contributed by atoms with van der Waals surface area (Å²) >= 11 is 0. The summed E-state index contributed by atoms with van der Waals surface area (Å²) in [5.41, 5.74) is 1.88. The van der Waals surface area contributed by atoms with Crippen LogP contribution in [0.25, 0.3) is 11.0 Å². The number of aromatic nitrogens is 2. The largest absolute Gasteiger partial charge is 0.491 e. The minimum atomic E-state index is -0.277. The third kappa shape index (κ3) is 16.7. The van der Waals surface area contributed by atoms with Crippen molar-refractivity contribution < 1.29 is 28.5 Å². The molecule has 0 bridgehead atoms. The minimum absolute atomic E-state index is 0.248. The van der Waals surface area contributed by atoms with Crippen LogP contribution in [-0.4, -0.2) is 48.2 Å². The number of amides is 2. The lowest BCUT2D eigenvalue weighted by Gasteiger charge is -2.37. The number of carbonyl (C=O) groups is 2. The highest BCUT2D eigenvalue weighted by Gasteiger charge is 2.41. The van der Waals surface area contributed by atoms with E-state index in [1.165, 1.54) is 129 Å². The third-order valence-electron chi connectivity index (χ3n) is 12.3. The van der Waals surface area contributed by atoms with E-state index >= 15 is 0 Å². The van der Waals surface area contributed by atoms with E-state index in [9.17, 15) is 9.59 Å². The molecule has 2 aromatic carbocycles. The molecule has 0 fully saturated rings. The first-order chi connectivity index (χ1) is 31.4. The van der Waals surface area contributed by atoms with Gasteiger partial charge in [-0.2, -0.15) is 0 Å². The summed E-state index contributed by atoms with van der Waals surface area (Å²) in [5.74, 6) is 2.09. The van der Waals surface area contributed by atoms with Crippen molar-refractivity contribution in [3.8, 4) is 23.0 Å². The zero-order valence-electron chi connectivity index (χ0n) is 41.2. The second-order valence-electron chi connectivity index (χ2n) is 18.0. The fourth-order valence-corrected chi connectivity index (χ4v) is 8.60. The Morgan fingerprint density at radius 1 is 0.375 bits per heavy atom. The molecule has 0 saturated heterocycles. The molecular formula is C54H86N4O6. The highest BCUT2D eigenvalue weighted by Crippen LogP contribution is 2.55. The molecule has 0 radical (unpaired) electrons. The number of nitrogens with zero attached hydrogens (tertiary/aromatic N) is 4. The van der Waals surface area contributed by atoms with Gasteiger partial charge in [-0.15, -0.1) is 0 Å². The van der Waals surface area contributed by atoms with Crippen molar-refractivity contribution in [2.45, 2.75) is 221 Å². The summed E-state index contributed by atoms with van der Waals surface area (Å²) in [6.45, 7) is 14.0. The van der Waals surface area contributed by atoms with Crippen LogP contribution in [-0.2, 0) is 9.59 Å². The minimum Gasteiger partial charge on any atom is -0.491 e. The second kappa shape index (κ2) is 30.9. The molecule has 0 spiro atoms. The van der Waals surface area contributed by atoms with Crippen molar-refractivity contribution in [2.75, 3.05) is 36.2 Å².